The Kier molecular flexibility index (Phi) is 3.13. The van der Waals surface area contributed by atoms with Gasteiger partial charge in [-0.15, -0.1) is 0 Å². The van der Waals surface area contributed by atoms with E-state index in [4.69, 9.17) is 14.6 Å². The highest BCUT2D eigenvalue weighted by atomic mass is 19.3. The molecule has 88 valence electrons. The summed E-state index contributed by atoms with van der Waals surface area (Å²) < 4.78 is 36.4. The first kappa shape index (κ1) is 11.4. The van der Waals surface area contributed by atoms with E-state index in [2.05, 4.69) is 4.98 Å². The lowest BCUT2D eigenvalue weighted by atomic mass is 10.2. The molecule has 0 aromatic carbocycles. The Bertz CT molecular complexity index is 350. The number of alkyl halides is 2. The number of halogens is 2. The molecule has 1 fully saturated rings. The molecule has 2 rings (SSSR count). The van der Waals surface area contributed by atoms with E-state index in [9.17, 15) is 8.78 Å². The number of aliphatic hydroxyl groups is 1. The van der Waals surface area contributed by atoms with Crippen molar-refractivity contribution in [3.63, 3.8) is 0 Å². The molecule has 0 saturated carbocycles. The predicted octanol–water partition coefficient (Wildman–Crippen LogP) is 1.21. The Balaban J connectivity index is 2.15. The molecular weight excluding hydrogens is 220 g/mol. The van der Waals surface area contributed by atoms with Crippen molar-refractivity contribution in [1.29, 1.82) is 0 Å². The van der Waals surface area contributed by atoms with E-state index in [1.807, 2.05) is 0 Å². The van der Waals surface area contributed by atoms with E-state index < -0.39 is 24.5 Å². The number of aromatic nitrogens is 1. The normalized spacial score (nSPS) is 17.9. The quantitative estimate of drug-likeness (QED) is 0.849. The van der Waals surface area contributed by atoms with E-state index >= 15 is 0 Å². The number of nitrogens with zero attached hydrogens (tertiary/aromatic N) is 1. The fourth-order valence-electron chi connectivity index (χ4n) is 1.39. The smallest absolute Gasteiger partial charge is 0.312 e. The molecule has 2 heterocycles. The molecule has 6 heteroatoms. The number of hydrogen-bond donors (Lipinski definition) is 1. The molecule has 4 nitrogen and oxygen atoms in total. The van der Waals surface area contributed by atoms with Crippen molar-refractivity contribution < 1.29 is 23.4 Å². The molecule has 16 heavy (non-hydrogen) atoms. The van der Waals surface area contributed by atoms with Gasteiger partial charge in [-0.05, 0) is 6.07 Å². The van der Waals surface area contributed by atoms with Crippen molar-refractivity contribution in [2.75, 3.05) is 19.8 Å². The molecule has 1 N–H and O–H groups in total. The van der Waals surface area contributed by atoms with Gasteiger partial charge >= 0.3 is 5.92 Å². The third-order valence-electron chi connectivity index (χ3n) is 2.25. The van der Waals surface area contributed by atoms with Crippen LogP contribution in [0.3, 0.4) is 0 Å². The summed E-state index contributed by atoms with van der Waals surface area (Å²) in [5.41, 5.74) is 0.131. The molecule has 0 aliphatic carbocycles. The molecule has 1 aromatic rings. The van der Waals surface area contributed by atoms with Gasteiger partial charge in [-0.25, -0.2) is 0 Å². The van der Waals surface area contributed by atoms with E-state index in [0.29, 0.717) is 18.8 Å². The average molecular weight is 231 g/mol. The molecule has 1 saturated heterocycles. The zero-order chi connectivity index (χ0) is 11.6. The van der Waals surface area contributed by atoms with Crippen LogP contribution >= 0.6 is 0 Å². The monoisotopic (exact) mass is 231 g/mol. The van der Waals surface area contributed by atoms with Crippen LogP contribution < -0.4 is 0 Å². The van der Waals surface area contributed by atoms with Crippen molar-refractivity contribution in [2.24, 2.45) is 0 Å². The molecular formula is C10H11F2NO3. The van der Waals surface area contributed by atoms with Crippen LogP contribution in [0, 0.1) is 0 Å². The second-order valence-electron chi connectivity index (χ2n) is 3.41. The lowest BCUT2D eigenvalue weighted by molar-refractivity contribution is -0.0601. The minimum atomic E-state index is -3.31. The van der Waals surface area contributed by atoms with Crippen LogP contribution in [-0.4, -0.2) is 29.9 Å². The number of aliphatic hydroxyl groups excluding tert-OH is 1. The Morgan fingerprint density at radius 3 is 2.56 bits per heavy atom. The summed E-state index contributed by atoms with van der Waals surface area (Å²) in [4.78, 5) is 3.60. The van der Waals surface area contributed by atoms with Crippen LogP contribution in [0.1, 0.15) is 17.5 Å². The highest BCUT2D eigenvalue weighted by molar-refractivity contribution is 5.18. The van der Waals surface area contributed by atoms with Crippen molar-refractivity contribution in [2.45, 2.75) is 12.2 Å². The summed E-state index contributed by atoms with van der Waals surface area (Å²) in [6.07, 6.45) is 0.749. The average Bonchev–Trinajstić information content (AvgIpc) is 2.83. The second kappa shape index (κ2) is 4.40. The predicted molar refractivity (Wildman–Crippen MR) is 49.9 cm³/mol. The maximum atomic E-state index is 13.0. The second-order valence-corrected chi connectivity index (χ2v) is 3.41. The van der Waals surface area contributed by atoms with Gasteiger partial charge in [0.15, 0.2) is 6.29 Å². The number of ether oxygens (including phenoxy) is 2. The van der Waals surface area contributed by atoms with Gasteiger partial charge in [0, 0.05) is 11.8 Å². The fraction of sp³-hybridized carbons (Fsp3) is 0.500. The van der Waals surface area contributed by atoms with Gasteiger partial charge in [0.2, 0.25) is 0 Å². The molecule has 0 unspecified atom stereocenters. The van der Waals surface area contributed by atoms with Crippen molar-refractivity contribution in [3.05, 3.63) is 29.6 Å². The summed E-state index contributed by atoms with van der Waals surface area (Å²) in [6, 6.07) is 2.62. The molecule has 0 amide bonds. The minimum absolute atomic E-state index is 0.461. The number of hydrogen-bond acceptors (Lipinski definition) is 4. The van der Waals surface area contributed by atoms with Crippen molar-refractivity contribution >= 4 is 0 Å². The zero-order valence-corrected chi connectivity index (χ0v) is 8.40. The molecule has 0 spiro atoms. The first-order valence-electron chi connectivity index (χ1n) is 4.82. The van der Waals surface area contributed by atoms with Gasteiger partial charge in [0.05, 0.1) is 13.2 Å². The summed E-state index contributed by atoms with van der Waals surface area (Å²) >= 11 is 0. The van der Waals surface area contributed by atoms with Crippen LogP contribution in [0.25, 0.3) is 0 Å². The Labute approximate surface area is 90.8 Å². The van der Waals surface area contributed by atoms with E-state index in [1.165, 1.54) is 12.3 Å². The van der Waals surface area contributed by atoms with Crippen LogP contribution in [0.4, 0.5) is 8.78 Å². The van der Waals surface area contributed by atoms with Gasteiger partial charge < -0.3 is 14.6 Å². The first-order valence-corrected chi connectivity index (χ1v) is 4.82. The first-order chi connectivity index (χ1) is 7.63. The molecule has 0 radical (unpaired) electrons. The third kappa shape index (κ3) is 2.18. The number of pyridine rings is 1. The van der Waals surface area contributed by atoms with Gasteiger partial charge in [0.1, 0.15) is 12.3 Å². The largest absolute Gasteiger partial charge is 0.390 e. The Morgan fingerprint density at radius 2 is 2.06 bits per heavy atom. The van der Waals surface area contributed by atoms with Crippen molar-refractivity contribution in [1.82, 2.24) is 4.98 Å². The summed E-state index contributed by atoms with van der Waals surface area (Å²) in [6.45, 7) is -0.284. The molecule has 1 aromatic heterocycles. The van der Waals surface area contributed by atoms with Gasteiger partial charge in [-0.2, -0.15) is 8.78 Å². The molecule has 0 atom stereocenters. The summed E-state index contributed by atoms with van der Waals surface area (Å²) in [5, 5.41) is 8.49. The van der Waals surface area contributed by atoms with Crippen molar-refractivity contribution in [3.8, 4) is 0 Å². The Hall–Kier alpha value is -1.11. The minimum Gasteiger partial charge on any atom is -0.390 e. The maximum absolute atomic E-state index is 13.0. The van der Waals surface area contributed by atoms with Gasteiger partial charge in [-0.1, -0.05) is 6.07 Å². The molecule has 1 aliphatic heterocycles. The topological polar surface area (TPSA) is 51.6 Å². The van der Waals surface area contributed by atoms with E-state index in [1.54, 1.807) is 0 Å². The summed E-state index contributed by atoms with van der Waals surface area (Å²) in [7, 11) is 0. The van der Waals surface area contributed by atoms with Crippen LogP contribution in [0.5, 0.6) is 0 Å². The molecule has 1 aliphatic rings. The van der Waals surface area contributed by atoms with Crippen LogP contribution in [0.2, 0.25) is 0 Å². The van der Waals surface area contributed by atoms with E-state index in [0.717, 1.165) is 6.07 Å². The highest BCUT2D eigenvalue weighted by Gasteiger charge is 2.32. The molecule has 0 bridgehead atoms. The maximum Gasteiger partial charge on any atom is 0.312 e. The Morgan fingerprint density at radius 1 is 1.38 bits per heavy atom. The summed E-state index contributed by atoms with van der Waals surface area (Å²) in [5.74, 6) is -3.31. The highest BCUT2D eigenvalue weighted by Crippen LogP contribution is 2.27. The van der Waals surface area contributed by atoms with Gasteiger partial charge in [0.25, 0.3) is 0 Å². The van der Waals surface area contributed by atoms with E-state index in [-0.39, 0.29) is 0 Å². The lowest BCUT2D eigenvalue weighted by Crippen LogP contribution is -2.20. The van der Waals surface area contributed by atoms with Gasteiger partial charge in [-0.3, -0.25) is 4.98 Å². The lowest BCUT2D eigenvalue weighted by Gasteiger charge is -2.14. The van der Waals surface area contributed by atoms with Crippen LogP contribution in [-0.2, 0) is 15.4 Å². The SMILES string of the molecule is OCC(F)(F)c1ccc(C2OCCO2)cn1. The number of rotatable bonds is 3. The third-order valence-corrected chi connectivity index (χ3v) is 2.25. The standard InChI is InChI=1S/C10H11F2NO3/c11-10(12,6-14)8-2-1-7(5-13-8)9-15-3-4-16-9/h1-2,5,9,14H,3-4,6H2. The fourth-order valence-corrected chi connectivity index (χ4v) is 1.39. The van der Waals surface area contributed by atoms with Crippen LogP contribution in [0.15, 0.2) is 18.3 Å². The zero-order valence-electron chi connectivity index (χ0n) is 8.40.